The lowest BCUT2D eigenvalue weighted by Crippen LogP contribution is -2.37. The summed E-state index contributed by atoms with van der Waals surface area (Å²) < 4.78 is 3.44. The van der Waals surface area contributed by atoms with Gasteiger partial charge in [0.15, 0.2) is 11.2 Å². The number of nitrogens with one attached hydrogen (secondary N) is 1. The van der Waals surface area contributed by atoms with E-state index in [1.807, 2.05) is 30.3 Å². The number of fused-ring (bicyclic) bond motifs is 1. The molecule has 9 nitrogen and oxygen atoms in total. The zero-order valence-corrected chi connectivity index (χ0v) is 13.8. The van der Waals surface area contributed by atoms with Gasteiger partial charge in [0.1, 0.15) is 6.54 Å². The molecule has 130 valence electrons. The SMILES string of the molecule is Cn1c(=O)c2c(nc(NCc3ccccc3)n2CC(=O)O)n(C)c1=O. The molecule has 3 aromatic rings. The van der Waals surface area contributed by atoms with Gasteiger partial charge < -0.3 is 10.4 Å². The van der Waals surface area contributed by atoms with Crippen LogP contribution >= 0.6 is 0 Å². The largest absolute Gasteiger partial charge is 0.480 e. The van der Waals surface area contributed by atoms with Gasteiger partial charge in [-0.1, -0.05) is 30.3 Å². The van der Waals surface area contributed by atoms with Crippen molar-refractivity contribution >= 4 is 23.1 Å². The Kier molecular flexibility index (Phi) is 4.14. The van der Waals surface area contributed by atoms with E-state index in [1.165, 1.54) is 23.2 Å². The van der Waals surface area contributed by atoms with E-state index < -0.39 is 23.8 Å². The Bertz CT molecular complexity index is 1060. The molecule has 0 saturated carbocycles. The fourth-order valence-corrected chi connectivity index (χ4v) is 2.65. The fourth-order valence-electron chi connectivity index (χ4n) is 2.65. The molecule has 2 aromatic heterocycles. The number of rotatable bonds is 5. The summed E-state index contributed by atoms with van der Waals surface area (Å²) in [6.45, 7) is -0.0425. The molecule has 0 aliphatic rings. The number of imidazole rings is 1. The molecule has 2 N–H and O–H groups in total. The van der Waals surface area contributed by atoms with Crippen LogP contribution in [-0.2, 0) is 32.0 Å². The summed E-state index contributed by atoms with van der Waals surface area (Å²) in [5.41, 5.74) is 0.0809. The van der Waals surface area contributed by atoms with E-state index in [0.717, 1.165) is 10.1 Å². The topological polar surface area (TPSA) is 111 Å². The minimum atomic E-state index is -1.11. The summed E-state index contributed by atoms with van der Waals surface area (Å²) in [6.07, 6.45) is 0. The van der Waals surface area contributed by atoms with Crippen LogP contribution in [0.25, 0.3) is 11.2 Å². The van der Waals surface area contributed by atoms with Crippen LogP contribution in [0, 0.1) is 0 Å². The minimum absolute atomic E-state index is 0.0718. The van der Waals surface area contributed by atoms with Crippen molar-refractivity contribution in [3.05, 3.63) is 56.7 Å². The van der Waals surface area contributed by atoms with Gasteiger partial charge in [0.2, 0.25) is 5.95 Å². The molecule has 3 rings (SSSR count). The maximum Gasteiger partial charge on any atom is 0.332 e. The predicted molar refractivity (Wildman–Crippen MR) is 91.6 cm³/mol. The lowest BCUT2D eigenvalue weighted by atomic mass is 10.2. The van der Waals surface area contributed by atoms with E-state index in [1.54, 1.807) is 0 Å². The van der Waals surface area contributed by atoms with Crippen LogP contribution in [-0.4, -0.2) is 29.8 Å². The average Bonchev–Trinajstić information content (AvgIpc) is 2.95. The Morgan fingerprint density at radius 3 is 2.48 bits per heavy atom. The number of nitrogens with zero attached hydrogens (tertiary/aromatic N) is 4. The van der Waals surface area contributed by atoms with Crippen LogP contribution in [0.2, 0.25) is 0 Å². The average molecular weight is 343 g/mol. The number of aryl methyl sites for hydroxylation is 1. The Balaban J connectivity index is 2.15. The molecule has 0 atom stereocenters. The number of aromatic nitrogens is 4. The van der Waals surface area contributed by atoms with E-state index in [9.17, 15) is 19.5 Å². The van der Waals surface area contributed by atoms with Crippen LogP contribution in [0.5, 0.6) is 0 Å². The molecule has 9 heteroatoms. The standard InChI is InChI=1S/C16H17N5O4/c1-19-13-12(14(24)20(2)16(19)25)21(9-11(22)23)15(18-13)17-8-10-6-4-3-5-7-10/h3-7H,8-9H2,1-2H3,(H,17,18)(H,22,23). The highest BCUT2D eigenvalue weighted by Gasteiger charge is 2.20. The minimum Gasteiger partial charge on any atom is -0.480 e. The molecular weight excluding hydrogens is 326 g/mol. The molecule has 0 radical (unpaired) electrons. The number of anilines is 1. The highest BCUT2D eigenvalue weighted by atomic mass is 16.4. The summed E-state index contributed by atoms with van der Waals surface area (Å²) in [5.74, 6) is -0.891. The van der Waals surface area contributed by atoms with Crippen molar-refractivity contribution in [1.29, 1.82) is 0 Å². The number of hydrogen-bond donors (Lipinski definition) is 2. The molecule has 0 fully saturated rings. The van der Waals surface area contributed by atoms with Crippen molar-refractivity contribution in [2.75, 3.05) is 5.32 Å². The second-order valence-corrected chi connectivity index (χ2v) is 5.63. The van der Waals surface area contributed by atoms with Crippen molar-refractivity contribution in [1.82, 2.24) is 18.7 Å². The third kappa shape index (κ3) is 2.91. The smallest absolute Gasteiger partial charge is 0.332 e. The molecule has 1 aromatic carbocycles. The van der Waals surface area contributed by atoms with Gasteiger partial charge >= 0.3 is 11.7 Å². The zero-order chi connectivity index (χ0) is 18.1. The van der Waals surface area contributed by atoms with Gasteiger partial charge in [0.25, 0.3) is 5.56 Å². The van der Waals surface area contributed by atoms with Gasteiger partial charge in [-0.25, -0.2) is 4.79 Å². The Morgan fingerprint density at radius 2 is 1.84 bits per heavy atom. The molecule has 0 aliphatic heterocycles. The van der Waals surface area contributed by atoms with E-state index >= 15 is 0 Å². The van der Waals surface area contributed by atoms with Gasteiger partial charge in [-0.05, 0) is 5.56 Å². The summed E-state index contributed by atoms with van der Waals surface area (Å²) in [7, 11) is 2.84. The first-order valence-electron chi connectivity index (χ1n) is 7.56. The van der Waals surface area contributed by atoms with Gasteiger partial charge in [-0.2, -0.15) is 4.98 Å². The van der Waals surface area contributed by atoms with Crippen molar-refractivity contribution in [3.8, 4) is 0 Å². The second kappa shape index (κ2) is 6.27. The number of hydrogen-bond acceptors (Lipinski definition) is 5. The van der Waals surface area contributed by atoms with Crippen molar-refractivity contribution in [2.24, 2.45) is 14.1 Å². The monoisotopic (exact) mass is 343 g/mol. The summed E-state index contributed by atoms with van der Waals surface area (Å²) in [5, 5.41) is 12.2. The van der Waals surface area contributed by atoms with Crippen LogP contribution in [0.15, 0.2) is 39.9 Å². The van der Waals surface area contributed by atoms with Gasteiger partial charge in [-0.3, -0.25) is 23.3 Å². The predicted octanol–water partition coefficient (Wildman–Crippen LogP) is 0.130. The number of carbonyl (C=O) groups is 1. The normalized spacial score (nSPS) is 11.0. The molecule has 2 heterocycles. The molecule has 0 aliphatic carbocycles. The Labute approximate surface area is 141 Å². The van der Waals surface area contributed by atoms with Gasteiger partial charge in [0, 0.05) is 20.6 Å². The molecule has 25 heavy (non-hydrogen) atoms. The lowest BCUT2D eigenvalue weighted by molar-refractivity contribution is -0.137. The highest BCUT2D eigenvalue weighted by molar-refractivity contribution is 5.77. The van der Waals surface area contributed by atoms with Gasteiger partial charge in [0.05, 0.1) is 0 Å². The first kappa shape index (κ1) is 16.5. The van der Waals surface area contributed by atoms with Crippen molar-refractivity contribution in [2.45, 2.75) is 13.1 Å². The molecule has 0 spiro atoms. The van der Waals surface area contributed by atoms with Gasteiger partial charge in [-0.15, -0.1) is 0 Å². The first-order chi connectivity index (χ1) is 11.9. The quantitative estimate of drug-likeness (QED) is 0.681. The number of carboxylic acids is 1. The first-order valence-corrected chi connectivity index (χ1v) is 7.56. The third-order valence-electron chi connectivity index (χ3n) is 3.93. The van der Waals surface area contributed by atoms with Crippen LogP contribution < -0.4 is 16.6 Å². The van der Waals surface area contributed by atoms with E-state index in [0.29, 0.717) is 6.54 Å². The second-order valence-electron chi connectivity index (χ2n) is 5.63. The zero-order valence-electron chi connectivity index (χ0n) is 13.8. The van der Waals surface area contributed by atoms with Crippen LogP contribution in [0.4, 0.5) is 5.95 Å². The summed E-state index contributed by atoms with van der Waals surface area (Å²) in [4.78, 5) is 40.0. The third-order valence-corrected chi connectivity index (χ3v) is 3.93. The Morgan fingerprint density at radius 1 is 1.16 bits per heavy atom. The maximum absolute atomic E-state index is 12.5. The van der Waals surface area contributed by atoms with Crippen molar-refractivity contribution in [3.63, 3.8) is 0 Å². The van der Waals surface area contributed by atoms with E-state index in [4.69, 9.17) is 0 Å². The molecule has 0 bridgehead atoms. The van der Waals surface area contributed by atoms with E-state index in [-0.39, 0.29) is 17.1 Å². The van der Waals surface area contributed by atoms with E-state index in [2.05, 4.69) is 10.3 Å². The molecule has 0 saturated heterocycles. The number of benzene rings is 1. The molecular formula is C16H17N5O4. The maximum atomic E-state index is 12.5. The molecule has 0 unspecified atom stereocenters. The lowest BCUT2D eigenvalue weighted by Gasteiger charge is -2.09. The molecule has 0 amide bonds. The Hall–Kier alpha value is -3.36. The fraction of sp³-hybridized carbons (Fsp3) is 0.250. The number of carboxylic acid groups (broad SMARTS) is 1. The van der Waals surface area contributed by atoms with Crippen LogP contribution in [0.3, 0.4) is 0 Å². The number of aliphatic carboxylic acids is 1. The van der Waals surface area contributed by atoms with Crippen LogP contribution in [0.1, 0.15) is 5.56 Å². The summed E-state index contributed by atoms with van der Waals surface area (Å²) in [6, 6.07) is 9.48. The highest BCUT2D eigenvalue weighted by Crippen LogP contribution is 2.16. The van der Waals surface area contributed by atoms with Crippen molar-refractivity contribution < 1.29 is 9.90 Å². The summed E-state index contributed by atoms with van der Waals surface area (Å²) >= 11 is 0.